The molecule has 0 unspecified atom stereocenters. The third kappa shape index (κ3) is 4.93. The van der Waals surface area contributed by atoms with Crippen LogP contribution in [0.2, 0.25) is 0 Å². The fourth-order valence-electron chi connectivity index (χ4n) is 3.91. The third-order valence-corrected chi connectivity index (χ3v) is 5.14. The van der Waals surface area contributed by atoms with Crippen LogP contribution >= 0.6 is 0 Å². The molecule has 4 heteroatoms. The summed E-state index contributed by atoms with van der Waals surface area (Å²) in [5, 5.41) is 3.83. The molecule has 0 N–H and O–H groups in total. The molecule has 1 aliphatic heterocycles. The largest absolute Gasteiger partial charge is 0.286 e. The first-order valence-electron chi connectivity index (χ1n) is 9.11. The molecule has 1 saturated carbocycles. The smallest absolute Gasteiger partial charge is 0.0745 e. The van der Waals surface area contributed by atoms with Gasteiger partial charge >= 0.3 is 0 Å². The molecule has 22 heavy (non-hydrogen) atoms. The zero-order valence-corrected chi connectivity index (χ0v) is 14.0. The Bertz CT molecular complexity index is 424. The molecular weight excluding hydrogens is 272 g/mol. The first-order valence-corrected chi connectivity index (χ1v) is 9.11. The maximum atomic E-state index is 8.61. The molecular formula is C18H30N4. The van der Waals surface area contributed by atoms with Gasteiger partial charge in [-0.3, -0.25) is 4.90 Å². The first-order chi connectivity index (χ1) is 10.9. The Morgan fingerprint density at radius 1 is 1.23 bits per heavy atom. The van der Waals surface area contributed by atoms with Gasteiger partial charge in [-0.2, -0.15) is 0 Å². The van der Waals surface area contributed by atoms with Crippen LogP contribution < -0.4 is 0 Å². The second-order valence-electron chi connectivity index (χ2n) is 6.71. The highest BCUT2D eigenvalue weighted by molar-refractivity contribution is 5.12. The molecule has 0 amide bonds. The monoisotopic (exact) mass is 302 g/mol. The molecule has 0 bridgehead atoms. The van der Waals surface area contributed by atoms with Gasteiger partial charge in [0.1, 0.15) is 0 Å². The molecule has 4 nitrogen and oxygen atoms in total. The number of hydrogen-bond acceptors (Lipinski definition) is 2. The fourth-order valence-corrected chi connectivity index (χ4v) is 3.91. The summed E-state index contributed by atoms with van der Waals surface area (Å²) in [5.41, 5.74) is 8.61. The fraction of sp³-hybridized carbons (Fsp3) is 0.889. The van der Waals surface area contributed by atoms with E-state index in [-0.39, 0.29) is 0 Å². The van der Waals surface area contributed by atoms with Gasteiger partial charge in [0, 0.05) is 23.9 Å². The minimum atomic E-state index is 0.388. The van der Waals surface area contributed by atoms with E-state index >= 15 is 0 Å². The summed E-state index contributed by atoms with van der Waals surface area (Å²) < 4.78 is 0. The summed E-state index contributed by atoms with van der Waals surface area (Å²) >= 11 is 0. The lowest BCUT2D eigenvalue weighted by atomic mass is 9.83. The van der Waals surface area contributed by atoms with Crippen molar-refractivity contribution in [3.05, 3.63) is 10.4 Å². The van der Waals surface area contributed by atoms with Crippen molar-refractivity contribution in [1.29, 1.82) is 0 Å². The second-order valence-corrected chi connectivity index (χ2v) is 6.71. The molecule has 0 aromatic carbocycles. The van der Waals surface area contributed by atoms with Crippen molar-refractivity contribution in [2.24, 2.45) is 11.0 Å². The van der Waals surface area contributed by atoms with Crippen LogP contribution in [0.3, 0.4) is 0 Å². The average molecular weight is 302 g/mol. The SMILES string of the molecule is CCCCC#C[C@H](C1CCCCC1)N1CCC[C@H]1CN=[N+]=[N-]. The standard InChI is InChI=1S/C18H30N4/c1-2-3-4-8-13-18(16-10-6-5-7-11-16)22-14-9-12-17(22)15-20-21-19/h16-18H,2-7,9-12,14-15H2,1H3/t17-,18+/m0/s1. The van der Waals surface area contributed by atoms with Crippen molar-refractivity contribution in [3.8, 4) is 11.8 Å². The minimum Gasteiger partial charge on any atom is -0.286 e. The van der Waals surface area contributed by atoms with Crippen LogP contribution in [0.15, 0.2) is 5.11 Å². The van der Waals surface area contributed by atoms with E-state index in [0.29, 0.717) is 18.6 Å². The van der Waals surface area contributed by atoms with Crippen LogP contribution in [0.25, 0.3) is 10.4 Å². The van der Waals surface area contributed by atoms with Crippen molar-refractivity contribution >= 4 is 0 Å². The Morgan fingerprint density at radius 2 is 2.05 bits per heavy atom. The molecule has 2 rings (SSSR count). The first kappa shape index (κ1) is 17.2. The molecule has 0 aromatic rings. The van der Waals surface area contributed by atoms with Gasteiger partial charge in [0.2, 0.25) is 0 Å². The summed E-state index contributed by atoms with van der Waals surface area (Å²) in [7, 11) is 0. The number of rotatable bonds is 6. The van der Waals surface area contributed by atoms with E-state index in [0.717, 1.165) is 25.3 Å². The minimum absolute atomic E-state index is 0.388. The zero-order chi connectivity index (χ0) is 15.6. The van der Waals surface area contributed by atoms with Crippen molar-refractivity contribution in [2.45, 2.75) is 83.2 Å². The van der Waals surface area contributed by atoms with Crippen LogP contribution in [0, 0.1) is 17.8 Å². The highest BCUT2D eigenvalue weighted by Crippen LogP contribution is 2.32. The van der Waals surface area contributed by atoms with E-state index < -0.39 is 0 Å². The summed E-state index contributed by atoms with van der Waals surface area (Å²) in [6.45, 7) is 3.95. The zero-order valence-electron chi connectivity index (χ0n) is 14.0. The molecule has 0 aromatic heterocycles. The van der Waals surface area contributed by atoms with Gasteiger partial charge in [-0.05, 0) is 50.1 Å². The van der Waals surface area contributed by atoms with Gasteiger partial charge in [0.05, 0.1) is 6.04 Å². The normalized spacial score (nSPS) is 24.3. The topological polar surface area (TPSA) is 52.0 Å². The number of likely N-dealkylation sites (tertiary alicyclic amines) is 1. The lowest BCUT2D eigenvalue weighted by molar-refractivity contribution is 0.146. The van der Waals surface area contributed by atoms with E-state index in [1.54, 1.807) is 0 Å². The van der Waals surface area contributed by atoms with Crippen LogP contribution in [0.5, 0.6) is 0 Å². The highest BCUT2D eigenvalue weighted by Gasteiger charge is 2.34. The Kier molecular flexibility index (Phi) is 7.63. The van der Waals surface area contributed by atoms with E-state index in [2.05, 4.69) is 33.7 Å². The lowest BCUT2D eigenvalue weighted by Gasteiger charge is -2.36. The Labute approximate surface area is 135 Å². The van der Waals surface area contributed by atoms with Crippen molar-refractivity contribution in [1.82, 2.24) is 4.90 Å². The molecule has 1 heterocycles. The number of nitrogens with zero attached hydrogens (tertiary/aromatic N) is 4. The van der Waals surface area contributed by atoms with Gasteiger partial charge in [-0.1, -0.05) is 43.6 Å². The Hall–Kier alpha value is -1.17. The summed E-state index contributed by atoms with van der Waals surface area (Å²) in [6, 6.07) is 0.793. The van der Waals surface area contributed by atoms with Crippen LogP contribution in [-0.4, -0.2) is 30.1 Å². The van der Waals surface area contributed by atoms with E-state index in [1.807, 2.05) is 0 Å². The van der Waals surface area contributed by atoms with E-state index in [4.69, 9.17) is 5.53 Å². The van der Waals surface area contributed by atoms with Gasteiger partial charge < -0.3 is 0 Å². The Morgan fingerprint density at radius 3 is 2.77 bits per heavy atom. The maximum absolute atomic E-state index is 8.61. The van der Waals surface area contributed by atoms with Crippen molar-refractivity contribution in [3.63, 3.8) is 0 Å². The molecule has 2 aliphatic rings. The van der Waals surface area contributed by atoms with Gasteiger partial charge in [0.25, 0.3) is 0 Å². The molecule has 2 fully saturated rings. The van der Waals surface area contributed by atoms with Gasteiger partial charge in [-0.25, -0.2) is 0 Å². The Balaban J connectivity index is 2.06. The highest BCUT2D eigenvalue weighted by atomic mass is 15.2. The quantitative estimate of drug-likeness (QED) is 0.226. The van der Waals surface area contributed by atoms with E-state index in [1.165, 1.54) is 51.4 Å². The number of unbranched alkanes of at least 4 members (excludes halogenated alkanes) is 2. The number of azide groups is 1. The lowest BCUT2D eigenvalue weighted by Crippen LogP contribution is -2.44. The molecule has 1 saturated heterocycles. The molecule has 2 atom stereocenters. The van der Waals surface area contributed by atoms with E-state index in [9.17, 15) is 0 Å². The predicted molar refractivity (Wildman–Crippen MR) is 91.4 cm³/mol. The summed E-state index contributed by atoms with van der Waals surface area (Å²) in [4.78, 5) is 5.51. The predicted octanol–water partition coefficient (Wildman–Crippen LogP) is 4.90. The molecule has 122 valence electrons. The van der Waals surface area contributed by atoms with Gasteiger partial charge in [-0.15, -0.1) is 5.92 Å². The summed E-state index contributed by atoms with van der Waals surface area (Å²) in [6.07, 6.45) is 12.5. The third-order valence-electron chi connectivity index (χ3n) is 5.14. The second kappa shape index (κ2) is 9.77. The average Bonchev–Trinajstić information content (AvgIpc) is 3.02. The number of hydrogen-bond donors (Lipinski definition) is 0. The van der Waals surface area contributed by atoms with Crippen molar-refractivity contribution < 1.29 is 0 Å². The van der Waals surface area contributed by atoms with Crippen LogP contribution in [0.1, 0.15) is 71.1 Å². The molecule has 1 aliphatic carbocycles. The van der Waals surface area contributed by atoms with Crippen molar-refractivity contribution in [2.75, 3.05) is 13.1 Å². The molecule has 0 radical (unpaired) electrons. The maximum Gasteiger partial charge on any atom is 0.0745 e. The van der Waals surface area contributed by atoms with Crippen LogP contribution in [-0.2, 0) is 0 Å². The van der Waals surface area contributed by atoms with Gasteiger partial charge in [0.15, 0.2) is 0 Å². The molecule has 0 spiro atoms. The summed E-state index contributed by atoms with van der Waals surface area (Å²) in [5.74, 6) is 7.77. The van der Waals surface area contributed by atoms with Crippen LogP contribution in [0.4, 0.5) is 0 Å².